The fraction of sp³-hybridized carbons (Fsp3) is 0.357. The number of nitrogens with one attached hydrogen (secondary N) is 1. The van der Waals surface area contributed by atoms with Gasteiger partial charge in [-0.1, -0.05) is 35.6 Å². The Morgan fingerprint density at radius 3 is 2.62 bits per heavy atom. The molecule has 1 aromatic heterocycles. The van der Waals surface area contributed by atoms with E-state index in [4.69, 9.17) is 0 Å². The third kappa shape index (κ3) is 2.68. The lowest BCUT2D eigenvalue weighted by Crippen LogP contribution is -2.30. The van der Waals surface area contributed by atoms with Crippen LogP contribution in [0, 0.1) is 6.92 Å². The van der Waals surface area contributed by atoms with Crippen LogP contribution in [0.25, 0.3) is 0 Å². The van der Waals surface area contributed by atoms with Gasteiger partial charge in [0.1, 0.15) is 0 Å². The highest BCUT2D eigenvalue weighted by Gasteiger charge is 2.30. The van der Waals surface area contributed by atoms with Gasteiger partial charge in [-0.25, -0.2) is 8.42 Å². The van der Waals surface area contributed by atoms with Crippen LogP contribution in [0.5, 0.6) is 0 Å². The van der Waals surface area contributed by atoms with Crippen LogP contribution in [0.2, 0.25) is 0 Å². The van der Waals surface area contributed by atoms with E-state index in [1.807, 2.05) is 24.3 Å². The third-order valence-electron chi connectivity index (χ3n) is 3.67. The molecule has 0 bridgehead atoms. The summed E-state index contributed by atoms with van der Waals surface area (Å²) in [6.07, 6.45) is 1.67. The molecule has 3 rings (SSSR count). The minimum atomic E-state index is -3.62. The first kappa shape index (κ1) is 14.5. The van der Waals surface area contributed by atoms with Gasteiger partial charge >= 0.3 is 4.87 Å². The molecule has 0 saturated heterocycles. The molecule has 1 N–H and O–H groups in total. The molecular weight excluding hydrogens is 308 g/mol. The maximum absolute atomic E-state index is 12.8. The lowest BCUT2D eigenvalue weighted by molar-refractivity contribution is 0.411. The molecule has 2 aromatic rings. The summed E-state index contributed by atoms with van der Waals surface area (Å²) in [5.41, 5.74) is 2.66. The number of nitrogens with zero attached hydrogens (tertiary/aromatic N) is 1. The molecule has 0 radical (unpaired) electrons. The third-order valence-corrected chi connectivity index (χ3v) is 7.10. The van der Waals surface area contributed by atoms with Crippen molar-refractivity contribution in [3.05, 3.63) is 50.8 Å². The van der Waals surface area contributed by atoms with Crippen LogP contribution in [0.15, 0.2) is 33.3 Å². The molecule has 1 aliphatic heterocycles. The monoisotopic (exact) mass is 324 g/mol. The van der Waals surface area contributed by atoms with Gasteiger partial charge < -0.3 is 4.98 Å². The largest absolute Gasteiger partial charge is 0.315 e. The van der Waals surface area contributed by atoms with E-state index in [1.54, 1.807) is 6.92 Å². The first-order valence-corrected chi connectivity index (χ1v) is 9.01. The molecule has 0 fully saturated rings. The lowest BCUT2D eigenvalue weighted by Gasteiger charge is -2.19. The number of aromatic nitrogens is 1. The second-order valence-electron chi connectivity index (χ2n) is 5.14. The smallest absolute Gasteiger partial charge is 0.305 e. The topological polar surface area (TPSA) is 70.2 Å². The van der Waals surface area contributed by atoms with E-state index in [-0.39, 0.29) is 9.08 Å². The Morgan fingerprint density at radius 2 is 1.95 bits per heavy atom. The van der Waals surface area contributed by atoms with Gasteiger partial charge in [0.05, 0.1) is 0 Å². The van der Waals surface area contributed by atoms with E-state index in [2.05, 4.69) is 4.98 Å². The van der Waals surface area contributed by atoms with E-state index in [1.165, 1.54) is 9.87 Å². The van der Waals surface area contributed by atoms with Crippen molar-refractivity contribution in [2.45, 2.75) is 30.5 Å². The molecule has 21 heavy (non-hydrogen) atoms. The number of sulfonamides is 1. The molecule has 1 aliphatic rings. The Bertz CT molecular complexity index is 821. The lowest BCUT2D eigenvalue weighted by atomic mass is 10.0. The quantitative estimate of drug-likeness (QED) is 0.917. The Hall–Kier alpha value is -1.44. The highest BCUT2D eigenvalue weighted by atomic mass is 32.2. The van der Waals surface area contributed by atoms with Crippen LogP contribution in [0.4, 0.5) is 0 Å². The predicted molar refractivity (Wildman–Crippen MR) is 82.0 cm³/mol. The molecule has 0 amide bonds. The summed E-state index contributed by atoms with van der Waals surface area (Å²) in [5, 5.41) is 0. The Kier molecular flexibility index (Phi) is 3.73. The number of aromatic amines is 1. The predicted octanol–water partition coefficient (Wildman–Crippen LogP) is 1.88. The van der Waals surface area contributed by atoms with Crippen molar-refractivity contribution in [1.82, 2.24) is 9.29 Å². The van der Waals surface area contributed by atoms with E-state index < -0.39 is 10.0 Å². The normalized spacial score (nSPS) is 16.4. The minimum absolute atomic E-state index is 0.131. The number of hydrogen-bond acceptors (Lipinski definition) is 4. The molecule has 0 saturated carbocycles. The van der Waals surface area contributed by atoms with Crippen LogP contribution in [-0.4, -0.2) is 24.3 Å². The molecule has 0 aliphatic carbocycles. The van der Waals surface area contributed by atoms with Crippen molar-refractivity contribution >= 4 is 21.4 Å². The highest BCUT2D eigenvalue weighted by molar-refractivity contribution is 7.91. The van der Waals surface area contributed by atoms with Gasteiger partial charge in [0, 0.05) is 18.8 Å². The number of benzene rings is 1. The number of hydrogen-bond donors (Lipinski definition) is 1. The zero-order valence-electron chi connectivity index (χ0n) is 11.6. The molecule has 0 spiro atoms. The fourth-order valence-electron chi connectivity index (χ4n) is 2.63. The van der Waals surface area contributed by atoms with Gasteiger partial charge in [-0.2, -0.15) is 4.31 Å². The van der Waals surface area contributed by atoms with Crippen LogP contribution >= 0.6 is 11.3 Å². The van der Waals surface area contributed by atoms with Gasteiger partial charge in [0.15, 0.2) is 4.21 Å². The van der Waals surface area contributed by atoms with Crippen LogP contribution < -0.4 is 4.87 Å². The average Bonchev–Trinajstić information content (AvgIpc) is 2.67. The zero-order chi connectivity index (χ0) is 15.0. The molecule has 0 unspecified atom stereocenters. The highest BCUT2D eigenvalue weighted by Crippen LogP contribution is 2.26. The van der Waals surface area contributed by atoms with Crippen molar-refractivity contribution < 1.29 is 8.42 Å². The SMILES string of the molecule is Cc1[nH]c(=O)sc1S(=O)(=O)N1CCCc2ccccc2C1. The van der Waals surface area contributed by atoms with Crippen LogP contribution in [0.3, 0.4) is 0 Å². The average molecular weight is 324 g/mol. The van der Waals surface area contributed by atoms with E-state index >= 15 is 0 Å². The summed E-state index contributed by atoms with van der Waals surface area (Å²) >= 11 is 0.762. The molecular formula is C14H16N2O3S2. The van der Waals surface area contributed by atoms with Crippen molar-refractivity contribution in [2.24, 2.45) is 0 Å². The summed E-state index contributed by atoms with van der Waals surface area (Å²) in [5.74, 6) is 0. The van der Waals surface area contributed by atoms with Crippen molar-refractivity contribution in [3.63, 3.8) is 0 Å². The number of fused-ring (bicyclic) bond motifs is 1. The van der Waals surface area contributed by atoms with Crippen LogP contribution in [-0.2, 0) is 23.0 Å². The van der Waals surface area contributed by atoms with E-state index in [0.29, 0.717) is 18.8 Å². The summed E-state index contributed by atoms with van der Waals surface area (Å²) in [4.78, 5) is 13.6. The molecule has 7 heteroatoms. The first-order chi connectivity index (χ1) is 9.98. The molecule has 1 aromatic carbocycles. The van der Waals surface area contributed by atoms with E-state index in [9.17, 15) is 13.2 Å². The van der Waals surface area contributed by atoms with Crippen molar-refractivity contribution in [1.29, 1.82) is 0 Å². The van der Waals surface area contributed by atoms with Crippen molar-refractivity contribution in [3.8, 4) is 0 Å². The minimum Gasteiger partial charge on any atom is -0.315 e. The Labute approximate surface area is 127 Å². The van der Waals surface area contributed by atoms with Gasteiger partial charge in [-0.3, -0.25) is 4.79 Å². The number of thiazole rings is 1. The van der Waals surface area contributed by atoms with Gasteiger partial charge in [-0.15, -0.1) is 0 Å². The second kappa shape index (κ2) is 5.40. The van der Waals surface area contributed by atoms with Crippen molar-refractivity contribution in [2.75, 3.05) is 6.54 Å². The maximum atomic E-state index is 12.8. The van der Waals surface area contributed by atoms with Crippen LogP contribution in [0.1, 0.15) is 23.2 Å². The number of H-pyrrole nitrogens is 1. The molecule has 0 atom stereocenters. The Morgan fingerprint density at radius 1 is 1.24 bits per heavy atom. The number of rotatable bonds is 2. The summed E-state index contributed by atoms with van der Waals surface area (Å²) in [6.45, 7) is 2.46. The van der Waals surface area contributed by atoms with Gasteiger partial charge in [0.25, 0.3) is 10.0 Å². The maximum Gasteiger partial charge on any atom is 0.305 e. The summed E-state index contributed by atoms with van der Waals surface area (Å²) in [6, 6.07) is 7.92. The molecule has 112 valence electrons. The Balaban J connectivity index is 2.00. The second-order valence-corrected chi connectivity index (χ2v) is 8.25. The molecule has 2 heterocycles. The zero-order valence-corrected chi connectivity index (χ0v) is 13.3. The van der Waals surface area contributed by atoms with E-state index in [0.717, 1.165) is 29.7 Å². The summed E-state index contributed by atoms with van der Waals surface area (Å²) < 4.78 is 27.1. The first-order valence-electron chi connectivity index (χ1n) is 6.75. The number of aryl methyl sites for hydroxylation is 2. The van der Waals surface area contributed by atoms with Gasteiger partial charge in [-0.05, 0) is 30.9 Å². The standard InChI is InChI=1S/C14H16N2O3S2/c1-10-13(20-14(17)15-10)21(18,19)16-8-4-7-11-5-2-3-6-12(11)9-16/h2-3,5-6H,4,7-9H2,1H3,(H,15,17). The van der Waals surface area contributed by atoms with Gasteiger partial charge in [0.2, 0.25) is 0 Å². The fourth-order valence-corrected chi connectivity index (χ4v) is 5.52. The molecule has 5 nitrogen and oxygen atoms in total. The summed E-state index contributed by atoms with van der Waals surface area (Å²) in [7, 11) is -3.62.